The second-order valence-electron chi connectivity index (χ2n) is 3.28. The molecule has 0 aromatic heterocycles. The molecule has 0 aliphatic heterocycles. The van der Waals surface area contributed by atoms with Crippen LogP contribution >= 0.6 is 15.9 Å². The first kappa shape index (κ1) is 14.9. The minimum Gasteiger partial charge on any atom is -0.264 e. The largest absolute Gasteiger partial charge is 0.397 e. The normalized spacial score (nSPS) is 14.6. The summed E-state index contributed by atoms with van der Waals surface area (Å²) in [5.74, 6) is 0. The van der Waals surface area contributed by atoms with E-state index in [1.807, 2.05) is 0 Å². The average Bonchev–Trinajstić information content (AvgIpc) is 2.33. The van der Waals surface area contributed by atoms with Gasteiger partial charge in [-0.2, -0.15) is 8.42 Å². The maximum Gasteiger partial charge on any atom is 0.397 e. The van der Waals surface area contributed by atoms with Crippen LogP contribution in [0.25, 0.3) is 10.4 Å². The molecule has 1 rings (SSSR count). The molecule has 0 saturated heterocycles. The van der Waals surface area contributed by atoms with Crippen molar-refractivity contribution in [2.75, 3.05) is 6.54 Å². The SMILES string of the molecule is [N-]=[N+]=NC[C@@H](Br)[C@H](OS(=O)(=O)O)c1ccccc1. The molecule has 1 aromatic rings. The summed E-state index contributed by atoms with van der Waals surface area (Å²) in [6.45, 7) is -0.0222. The Kier molecular flexibility index (Phi) is 5.57. The van der Waals surface area contributed by atoms with Gasteiger partial charge < -0.3 is 0 Å². The van der Waals surface area contributed by atoms with Crippen molar-refractivity contribution in [3.05, 3.63) is 46.3 Å². The second-order valence-corrected chi connectivity index (χ2v) is 5.51. The lowest BCUT2D eigenvalue weighted by Crippen LogP contribution is -2.21. The van der Waals surface area contributed by atoms with Gasteiger partial charge in [0.2, 0.25) is 0 Å². The van der Waals surface area contributed by atoms with Crippen LogP contribution in [0.15, 0.2) is 35.4 Å². The number of halogens is 1. The van der Waals surface area contributed by atoms with E-state index in [0.29, 0.717) is 5.56 Å². The van der Waals surface area contributed by atoms with Crippen molar-refractivity contribution in [1.82, 2.24) is 0 Å². The van der Waals surface area contributed by atoms with Crippen LogP contribution in [0.2, 0.25) is 0 Å². The number of azide groups is 1. The highest BCUT2D eigenvalue weighted by molar-refractivity contribution is 9.09. The van der Waals surface area contributed by atoms with Crippen LogP contribution in [0.1, 0.15) is 11.7 Å². The number of rotatable bonds is 6. The molecule has 0 bridgehead atoms. The van der Waals surface area contributed by atoms with Gasteiger partial charge >= 0.3 is 10.4 Å². The predicted molar refractivity (Wildman–Crippen MR) is 68.5 cm³/mol. The molecule has 1 aromatic carbocycles. The van der Waals surface area contributed by atoms with E-state index >= 15 is 0 Å². The molecule has 0 radical (unpaired) electrons. The Hall–Kier alpha value is -1.12. The summed E-state index contributed by atoms with van der Waals surface area (Å²) in [4.78, 5) is 1.99. The Morgan fingerprint density at radius 3 is 2.56 bits per heavy atom. The van der Waals surface area contributed by atoms with E-state index in [2.05, 4.69) is 30.1 Å². The summed E-state index contributed by atoms with van der Waals surface area (Å²) in [5, 5.41) is 3.33. The van der Waals surface area contributed by atoms with Crippen LogP contribution in [0, 0.1) is 0 Å². The molecule has 0 spiro atoms. The van der Waals surface area contributed by atoms with E-state index in [0.717, 1.165) is 0 Å². The van der Waals surface area contributed by atoms with E-state index in [1.54, 1.807) is 30.3 Å². The van der Waals surface area contributed by atoms with Crippen LogP contribution in [0.4, 0.5) is 0 Å². The molecule has 0 aliphatic rings. The Labute approximate surface area is 112 Å². The molecule has 7 nitrogen and oxygen atoms in total. The number of nitrogens with zero attached hydrogens (tertiary/aromatic N) is 3. The highest BCUT2D eigenvalue weighted by Gasteiger charge is 2.26. The van der Waals surface area contributed by atoms with E-state index in [1.165, 1.54) is 0 Å². The summed E-state index contributed by atoms with van der Waals surface area (Å²) in [6.07, 6.45) is -0.980. The molecular formula is C9H10BrN3O4S. The lowest BCUT2D eigenvalue weighted by molar-refractivity contribution is 0.184. The van der Waals surface area contributed by atoms with E-state index in [-0.39, 0.29) is 6.54 Å². The zero-order valence-corrected chi connectivity index (χ0v) is 11.5. The van der Waals surface area contributed by atoms with Gasteiger partial charge in [-0.1, -0.05) is 51.4 Å². The van der Waals surface area contributed by atoms with Crippen molar-refractivity contribution in [2.24, 2.45) is 5.11 Å². The lowest BCUT2D eigenvalue weighted by atomic mass is 10.1. The minimum absolute atomic E-state index is 0.0222. The Balaban J connectivity index is 2.98. The molecule has 0 heterocycles. The van der Waals surface area contributed by atoms with Gasteiger partial charge in [-0.15, -0.1) is 0 Å². The van der Waals surface area contributed by atoms with Gasteiger partial charge in [0.05, 0.1) is 4.83 Å². The summed E-state index contributed by atoms with van der Waals surface area (Å²) in [5.41, 5.74) is 8.76. The van der Waals surface area contributed by atoms with Crippen molar-refractivity contribution >= 4 is 26.3 Å². The Morgan fingerprint density at radius 1 is 1.44 bits per heavy atom. The first-order valence-corrected chi connectivity index (χ1v) is 7.07. The van der Waals surface area contributed by atoms with Gasteiger partial charge in [-0.3, -0.25) is 4.55 Å². The highest BCUT2D eigenvalue weighted by Crippen LogP contribution is 2.28. The quantitative estimate of drug-likeness (QED) is 0.283. The first-order valence-electron chi connectivity index (χ1n) is 4.79. The number of hydrogen-bond donors (Lipinski definition) is 1. The zero-order chi connectivity index (χ0) is 13.6. The van der Waals surface area contributed by atoms with Crippen molar-refractivity contribution < 1.29 is 17.2 Å². The third-order valence-electron chi connectivity index (χ3n) is 2.00. The number of benzene rings is 1. The lowest BCUT2D eigenvalue weighted by Gasteiger charge is -2.20. The van der Waals surface area contributed by atoms with Gasteiger partial charge in [0.15, 0.2) is 0 Å². The smallest absolute Gasteiger partial charge is 0.264 e. The maximum atomic E-state index is 10.8. The monoisotopic (exact) mass is 335 g/mol. The predicted octanol–water partition coefficient (Wildman–Crippen LogP) is 2.62. The molecule has 98 valence electrons. The molecule has 1 N–H and O–H groups in total. The summed E-state index contributed by atoms with van der Waals surface area (Å²) >= 11 is 3.17. The number of alkyl halides is 1. The molecule has 18 heavy (non-hydrogen) atoms. The molecule has 0 amide bonds. The van der Waals surface area contributed by atoms with Gasteiger partial charge in [0, 0.05) is 11.5 Å². The molecule has 0 aliphatic carbocycles. The van der Waals surface area contributed by atoms with E-state index in [9.17, 15) is 8.42 Å². The summed E-state index contributed by atoms with van der Waals surface area (Å²) < 4.78 is 34.9. The Morgan fingerprint density at radius 2 is 2.06 bits per heavy atom. The van der Waals surface area contributed by atoms with Crippen LogP contribution < -0.4 is 0 Å². The maximum absolute atomic E-state index is 10.8. The Bertz CT molecular complexity index is 530. The highest BCUT2D eigenvalue weighted by atomic mass is 79.9. The molecule has 0 fully saturated rings. The molecule has 2 atom stereocenters. The van der Waals surface area contributed by atoms with Gasteiger partial charge in [-0.05, 0) is 11.1 Å². The fourth-order valence-corrected chi connectivity index (χ4v) is 2.50. The fraction of sp³-hybridized carbons (Fsp3) is 0.333. The van der Waals surface area contributed by atoms with Crippen LogP contribution in [0.5, 0.6) is 0 Å². The van der Waals surface area contributed by atoms with Gasteiger partial charge in [0.1, 0.15) is 6.10 Å². The van der Waals surface area contributed by atoms with Crippen LogP contribution in [0.3, 0.4) is 0 Å². The van der Waals surface area contributed by atoms with E-state index in [4.69, 9.17) is 10.1 Å². The number of hydrogen-bond acceptors (Lipinski definition) is 4. The second kappa shape index (κ2) is 6.72. The summed E-state index contributed by atoms with van der Waals surface area (Å²) in [6, 6.07) is 8.43. The van der Waals surface area contributed by atoms with E-state index < -0.39 is 21.3 Å². The van der Waals surface area contributed by atoms with Crippen molar-refractivity contribution in [3.8, 4) is 0 Å². The summed E-state index contributed by atoms with van der Waals surface area (Å²) in [7, 11) is -4.61. The standard InChI is InChI=1S/C9H10BrN3O4S/c10-8(6-12-13-11)9(17-18(14,15)16)7-4-2-1-3-5-7/h1-5,8-9H,6H2,(H,14,15,16)/t8-,9-/m1/s1. The average molecular weight is 336 g/mol. The topological polar surface area (TPSA) is 112 Å². The van der Waals surface area contributed by atoms with Crippen molar-refractivity contribution in [2.45, 2.75) is 10.9 Å². The molecular weight excluding hydrogens is 326 g/mol. The van der Waals surface area contributed by atoms with Crippen molar-refractivity contribution in [3.63, 3.8) is 0 Å². The molecule has 0 unspecified atom stereocenters. The van der Waals surface area contributed by atoms with Gasteiger partial charge in [0.25, 0.3) is 0 Å². The fourth-order valence-electron chi connectivity index (χ4n) is 1.31. The third kappa shape index (κ3) is 5.03. The third-order valence-corrected chi connectivity index (χ3v) is 3.22. The van der Waals surface area contributed by atoms with Crippen LogP contribution in [-0.2, 0) is 14.6 Å². The zero-order valence-electron chi connectivity index (χ0n) is 9.05. The van der Waals surface area contributed by atoms with Crippen LogP contribution in [-0.4, -0.2) is 24.3 Å². The first-order chi connectivity index (χ1) is 8.44. The minimum atomic E-state index is -4.61. The van der Waals surface area contributed by atoms with Gasteiger partial charge in [-0.25, -0.2) is 4.18 Å². The molecule has 0 saturated carbocycles. The van der Waals surface area contributed by atoms with Crippen molar-refractivity contribution in [1.29, 1.82) is 0 Å². The molecule has 9 heteroatoms.